The molecule has 1 N–H and O–H groups in total. The molecule has 0 aliphatic rings. The standard InChI is InChI=1S/C13H18N8/c1-10(2)20(8-4-6-14)12-17-11(15-3)18-13(19-12)21-9-5-7-16-21/h5,7,9-10H,4,8H2,1-3H3,(H,15,17,18,19). The maximum atomic E-state index is 8.79. The van der Waals surface area contributed by atoms with Crippen LogP contribution in [0.3, 0.4) is 0 Å². The minimum atomic E-state index is 0.177. The lowest BCUT2D eigenvalue weighted by Gasteiger charge is -2.26. The Morgan fingerprint density at radius 1 is 1.38 bits per heavy atom. The first-order valence-electron chi connectivity index (χ1n) is 6.73. The molecule has 110 valence electrons. The molecule has 0 fully saturated rings. The molecule has 0 aliphatic carbocycles. The van der Waals surface area contributed by atoms with Crippen molar-refractivity contribution in [2.75, 3.05) is 23.8 Å². The molecule has 0 unspecified atom stereocenters. The maximum Gasteiger partial charge on any atom is 0.257 e. The quantitative estimate of drug-likeness (QED) is 0.853. The average molecular weight is 286 g/mol. The van der Waals surface area contributed by atoms with Crippen molar-refractivity contribution in [1.29, 1.82) is 5.26 Å². The summed E-state index contributed by atoms with van der Waals surface area (Å²) in [5.41, 5.74) is 0. The maximum absolute atomic E-state index is 8.79. The molecule has 2 aromatic rings. The van der Waals surface area contributed by atoms with Crippen molar-refractivity contribution in [2.24, 2.45) is 0 Å². The second-order valence-corrected chi connectivity index (χ2v) is 4.65. The van der Waals surface area contributed by atoms with Crippen LogP contribution in [0.1, 0.15) is 20.3 Å². The van der Waals surface area contributed by atoms with Gasteiger partial charge >= 0.3 is 0 Å². The van der Waals surface area contributed by atoms with Crippen LogP contribution in [0.15, 0.2) is 18.5 Å². The normalized spacial score (nSPS) is 10.4. The monoisotopic (exact) mass is 286 g/mol. The van der Waals surface area contributed by atoms with E-state index in [0.29, 0.717) is 30.8 Å². The van der Waals surface area contributed by atoms with Crippen molar-refractivity contribution in [3.8, 4) is 12.0 Å². The van der Waals surface area contributed by atoms with E-state index in [-0.39, 0.29) is 6.04 Å². The van der Waals surface area contributed by atoms with Gasteiger partial charge in [0.05, 0.1) is 12.5 Å². The van der Waals surface area contributed by atoms with Crippen LogP contribution in [0.25, 0.3) is 5.95 Å². The van der Waals surface area contributed by atoms with Gasteiger partial charge in [0.1, 0.15) is 0 Å². The van der Waals surface area contributed by atoms with Gasteiger partial charge in [0.2, 0.25) is 11.9 Å². The summed E-state index contributed by atoms with van der Waals surface area (Å²) in [6.45, 7) is 4.64. The first kappa shape index (κ1) is 14.7. The Bertz CT molecular complexity index is 614. The minimum Gasteiger partial charge on any atom is -0.357 e. The fraction of sp³-hybridized carbons (Fsp3) is 0.462. The van der Waals surface area contributed by atoms with Crippen LogP contribution in [0, 0.1) is 11.3 Å². The lowest BCUT2D eigenvalue weighted by Crippen LogP contribution is -2.33. The summed E-state index contributed by atoms with van der Waals surface area (Å²) in [6.07, 6.45) is 3.85. The van der Waals surface area contributed by atoms with Crippen LogP contribution in [0.4, 0.5) is 11.9 Å². The van der Waals surface area contributed by atoms with Crippen molar-refractivity contribution >= 4 is 11.9 Å². The van der Waals surface area contributed by atoms with Crippen LogP contribution >= 0.6 is 0 Å². The van der Waals surface area contributed by atoms with Crippen LogP contribution in [0.5, 0.6) is 0 Å². The van der Waals surface area contributed by atoms with E-state index in [1.807, 2.05) is 18.7 Å². The number of hydrogen-bond acceptors (Lipinski definition) is 7. The zero-order valence-corrected chi connectivity index (χ0v) is 12.4. The van der Waals surface area contributed by atoms with E-state index >= 15 is 0 Å². The Morgan fingerprint density at radius 3 is 2.76 bits per heavy atom. The van der Waals surface area contributed by atoms with E-state index in [1.54, 1.807) is 30.2 Å². The molecule has 0 amide bonds. The number of nitriles is 1. The lowest BCUT2D eigenvalue weighted by molar-refractivity contribution is 0.657. The largest absolute Gasteiger partial charge is 0.357 e. The first-order chi connectivity index (χ1) is 10.2. The summed E-state index contributed by atoms with van der Waals surface area (Å²) in [6, 6.07) is 4.13. The molecule has 0 atom stereocenters. The molecule has 0 saturated carbocycles. The molecule has 0 saturated heterocycles. The Morgan fingerprint density at radius 2 is 2.19 bits per heavy atom. The summed E-state index contributed by atoms with van der Waals surface area (Å²) < 4.78 is 1.58. The van der Waals surface area contributed by atoms with E-state index in [2.05, 4.69) is 31.4 Å². The molecular weight excluding hydrogens is 268 g/mol. The van der Waals surface area contributed by atoms with E-state index in [0.717, 1.165) is 0 Å². The van der Waals surface area contributed by atoms with Gasteiger partial charge in [0.25, 0.3) is 5.95 Å². The summed E-state index contributed by atoms with van der Waals surface area (Å²) in [7, 11) is 1.75. The topological polar surface area (TPSA) is 95.6 Å². The average Bonchev–Trinajstić information content (AvgIpc) is 3.01. The molecule has 2 heterocycles. The third kappa shape index (κ3) is 3.45. The van der Waals surface area contributed by atoms with Crippen LogP contribution < -0.4 is 10.2 Å². The van der Waals surface area contributed by atoms with Crippen molar-refractivity contribution in [2.45, 2.75) is 26.3 Å². The highest BCUT2D eigenvalue weighted by molar-refractivity contribution is 5.40. The predicted octanol–water partition coefficient (Wildman–Crippen LogP) is 1.23. The molecule has 0 aliphatic heterocycles. The highest BCUT2D eigenvalue weighted by atomic mass is 15.4. The van der Waals surface area contributed by atoms with Crippen LogP contribution in [-0.2, 0) is 0 Å². The summed E-state index contributed by atoms with van der Waals surface area (Å²) in [5.74, 6) is 1.44. The number of aromatic nitrogens is 5. The Kier molecular flexibility index (Phi) is 4.66. The van der Waals surface area contributed by atoms with E-state index in [1.165, 1.54) is 0 Å². The fourth-order valence-corrected chi connectivity index (χ4v) is 1.84. The highest BCUT2D eigenvalue weighted by Gasteiger charge is 2.16. The first-order valence-corrected chi connectivity index (χ1v) is 6.73. The molecule has 2 rings (SSSR count). The molecule has 21 heavy (non-hydrogen) atoms. The van der Waals surface area contributed by atoms with E-state index in [4.69, 9.17) is 5.26 Å². The molecule has 0 spiro atoms. The van der Waals surface area contributed by atoms with Crippen molar-refractivity contribution in [3.05, 3.63) is 18.5 Å². The molecule has 0 radical (unpaired) electrons. The summed E-state index contributed by atoms with van der Waals surface area (Å²) in [4.78, 5) is 15.1. The van der Waals surface area contributed by atoms with Crippen LogP contribution in [-0.4, -0.2) is 44.4 Å². The number of rotatable bonds is 6. The lowest BCUT2D eigenvalue weighted by atomic mass is 10.3. The highest BCUT2D eigenvalue weighted by Crippen LogP contribution is 2.15. The third-order valence-electron chi connectivity index (χ3n) is 2.89. The van der Waals surface area contributed by atoms with E-state index < -0.39 is 0 Å². The fourth-order valence-electron chi connectivity index (χ4n) is 1.84. The summed E-state index contributed by atoms with van der Waals surface area (Å²) in [5, 5.41) is 15.9. The zero-order chi connectivity index (χ0) is 15.2. The number of hydrogen-bond donors (Lipinski definition) is 1. The molecular formula is C13H18N8. The smallest absolute Gasteiger partial charge is 0.257 e. The Balaban J connectivity index is 2.42. The van der Waals surface area contributed by atoms with Crippen molar-refractivity contribution < 1.29 is 0 Å². The van der Waals surface area contributed by atoms with Gasteiger partial charge in [-0.25, -0.2) is 4.68 Å². The van der Waals surface area contributed by atoms with Gasteiger partial charge < -0.3 is 10.2 Å². The molecule has 8 heteroatoms. The second kappa shape index (κ2) is 6.65. The van der Waals surface area contributed by atoms with Crippen molar-refractivity contribution in [3.63, 3.8) is 0 Å². The predicted molar refractivity (Wildman–Crippen MR) is 79.2 cm³/mol. The number of anilines is 2. The van der Waals surface area contributed by atoms with Gasteiger partial charge in [0, 0.05) is 32.0 Å². The number of nitrogens with zero attached hydrogens (tertiary/aromatic N) is 7. The SMILES string of the molecule is CNc1nc(N(CCC#N)C(C)C)nc(-n2cccn2)n1. The Labute approximate surface area is 123 Å². The van der Waals surface area contributed by atoms with E-state index in [9.17, 15) is 0 Å². The molecule has 0 aromatic carbocycles. The molecule has 2 aromatic heterocycles. The van der Waals surface area contributed by atoms with Gasteiger partial charge in [-0.2, -0.15) is 25.3 Å². The second-order valence-electron chi connectivity index (χ2n) is 4.65. The van der Waals surface area contributed by atoms with Gasteiger partial charge in [-0.15, -0.1) is 0 Å². The van der Waals surface area contributed by atoms with Gasteiger partial charge in [-0.05, 0) is 19.9 Å². The molecule has 8 nitrogen and oxygen atoms in total. The zero-order valence-electron chi connectivity index (χ0n) is 12.4. The third-order valence-corrected chi connectivity index (χ3v) is 2.89. The van der Waals surface area contributed by atoms with Gasteiger partial charge in [0.15, 0.2) is 0 Å². The summed E-state index contributed by atoms with van der Waals surface area (Å²) >= 11 is 0. The molecule has 0 bridgehead atoms. The van der Waals surface area contributed by atoms with Crippen molar-refractivity contribution in [1.82, 2.24) is 24.7 Å². The minimum absolute atomic E-state index is 0.177. The Hall–Kier alpha value is -2.69. The van der Waals surface area contributed by atoms with Crippen LogP contribution in [0.2, 0.25) is 0 Å². The van der Waals surface area contributed by atoms with Gasteiger partial charge in [-0.3, -0.25) is 0 Å². The number of nitrogens with one attached hydrogen (secondary N) is 1. The van der Waals surface area contributed by atoms with Gasteiger partial charge in [-0.1, -0.05) is 0 Å².